The van der Waals surface area contributed by atoms with Crippen molar-refractivity contribution in [3.05, 3.63) is 81.8 Å². The molecule has 0 saturated carbocycles. The van der Waals surface area contributed by atoms with Crippen molar-refractivity contribution in [2.45, 2.75) is 25.9 Å². The number of benzene rings is 2. The molecule has 5 nitrogen and oxygen atoms in total. The minimum Gasteiger partial charge on any atom is -0.387 e. The van der Waals surface area contributed by atoms with E-state index in [9.17, 15) is 14.7 Å². The number of nitrogens with one attached hydrogen (secondary N) is 2. The maximum absolute atomic E-state index is 12.4. The number of fused-ring (bicyclic) bond motifs is 1. The lowest BCUT2D eigenvalue weighted by molar-refractivity contribution is 0.0916. The van der Waals surface area contributed by atoms with Crippen LogP contribution < -0.4 is 10.9 Å². The number of amides is 1. The maximum Gasteiger partial charge on any atom is 0.251 e. The number of aliphatic hydroxyl groups is 1. The second kappa shape index (κ2) is 7.97. The van der Waals surface area contributed by atoms with Crippen LogP contribution in [-0.2, 0) is 6.42 Å². The van der Waals surface area contributed by atoms with E-state index in [0.717, 1.165) is 28.5 Å². The molecule has 3 N–H and O–H groups in total. The standard InChI is InChI=1S/C21H22N2O3/c1-2-6-16-11-15(12-20(25)23-16)21(26)22-13-19(24)18-10-5-8-14-7-3-4-9-17(14)18/h3-5,7-12,19,24H,2,6,13H2,1H3,(H,22,26)(H,23,25). The summed E-state index contributed by atoms with van der Waals surface area (Å²) in [5.74, 6) is -0.368. The first-order valence-corrected chi connectivity index (χ1v) is 8.75. The van der Waals surface area contributed by atoms with Crippen LogP contribution in [0.4, 0.5) is 0 Å². The van der Waals surface area contributed by atoms with E-state index in [1.807, 2.05) is 49.4 Å². The topological polar surface area (TPSA) is 82.2 Å². The van der Waals surface area contributed by atoms with Crippen LogP contribution in [0.5, 0.6) is 0 Å². The quantitative estimate of drug-likeness (QED) is 0.639. The summed E-state index contributed by atoms with van der Waals surface area (Å²) in [6.45, 7) is 2.08. The average Bonchev–Trinajstić information content (AvgIpc) is 2.65. The van der Waals surface area contributed by atoms with Crippen molar-refractivity contribution >= 4 is 16.7 Å². The molecule has 1 amide bonds. The molecule has 1 atom stereocenters. The van der Waals surface area contributed by atoms with Gasteiger partial charge < -0.3 is 15.4 Å². The van der Waals surface area contributed by atoms with Crippen LogP contribution in [0.3, 0.4) is 0 Å². The van der Waals surface area contributed by atoms with Gasteiger partial charge in [0.05, 0.1) is 6.10 Å². The van der Waals surface area contributed by atoms with Gasteiger partial charge in [-0.2, -0.15) is 0 Å². The number of hydrogen-bond acceptors (Lipinski definition) is 3. The van der Waals surface area contributed by atoms with E-state index in [-0.39, 0.29) is 18.0 Å². The molecule has 0 saturated heterocycles. The van der Waals surface area contributed by atoms with Gasteiger partial charge in [0.15, 0.2) is 0 Å². The van der Waals surface area contributed by atoms with Gasteiger partial charge in [-0.25, -0.2) is 0 Å². The fraction of sp³-hybridized carbons (Fsp3) is 0.238. The molecule has 3 aromatic rings. The molecule has 0 radical (unpaired) electrons. The van der Waals surface area contributed by atoms with Crippen molar-refractivity contribution in [2.24, 2.45) is 0 Å². The van der Waals surface area contributed by atoms with E-state index < -0.39 is 6.10 Å². The lowest BCUT2D eigenvalue weighted by Crippen LogP contribution is -2.29. The molecule has 134 valence electrons. The number of aryl methyl sites for hydroxylation is 1. The van der Waals surface area contributed by atoms with E-state index in [1.165, 1.54) is 6.07 Å². The first kappa shape index (κ1) is 17.9. The molecule has 0 aliphatic heterocycles. The largest absolute Gasteiger partial charge is 0.387 e. The van der Waals surface area contributed by atoms with Crippen LogP contribution in [0.2, 0.25) is 0 Å². The van der Waals surface area contributed by atoms with Gasteiger partial charge >= 0.3 is 0 Å². The molecular weight excluding hydrogens is 328 g/mol. The molecular formula is C21H22N2O3. The lowest BCUT2D eigenvalue weighted by atomic mass is 10.0. The summed E-state index contributed by atoms with van der Waals surface area (Å²) in [6.07, 6.45) is 0.748. The van der Waals surface area contributed by atoms with Gasteiger partial charge in [-0.15, -0.1) is 0 Å². The molecule has 26 heavy (non-hydrogen) atoms. The molecule has 0 bridgehead atoms. The van der Waals surface area contributed by atoms with Gasteiger partial charge in [0.1, 0.15) is 0 Å². The zero-order valence-electron chi connectivity index (χ0n) is 14.7. The summed E-state index contributed by atoms with van der Waals surface area (Å²) in [7, 11) is 0. The minimum atomic E-state index is -0.831. The van der Waals surface area contributed by atoms with Crippen molar-refractivity contribution in [1.29, 1.82) is 0 Å². The zero-order valence-corrected chi connectivity index (χ0v) is 14.7. The Morgan fingerprint density at radius 3 is 2.73 bits per heavy atom. The number of aliphatic hydroxyl groups excluding tert-OH is 1. The number of pyridine rings is 1. The van der Waals surface area contributed by atoms with Gasteiger partial charge in [-0.3, -0.25) is 9.59 Å². The Hall–Kier alpha value is -2.92. The number of rotatable bonds is 6. The van der Waals surface area contributed by atoms with Crippen LogP contribution in [0.1, 0.15) is 41.1 Å². The van der Waals surface area contributed by atoms with E-state index in [4.69, 9.17) is 0 Å². The normalized spacial score (nSPS) is 12.1. The molecule has 1 aromatic heterocycles. The van der Waals surface area contributed by atoms with E-state index in [1.54, 1.807) is 6.07 Å². The monoisotopic (exact) mass is 350 g/mol. The van der Waals surface area contributed by atoms with Crippen LogP contribution >= 0.6 is 0 Å². The molecule has 1 heterocycles. The molecule has 0 aliphatic rings. The highest BCUT2D eigenvalue weighted by Gasteiger charge is 2.14. The van der Waals surface area contributed by atoms with E-state index in [2.05, 4.69) is 10.3 Å². The second-order valence-electron chi connectivity index (χ2n) is 6.30. The number of H-pyrrole nitrogens is 1. The highest BCUT2D eigenvalue weighted by atomic mass is 16.3. The summed E-state index contributed by atoms with van der Waals surface area (Å²) < 4.78 is 0. The SMILES string of the molecule is CCCc1cc(C(=O)NCC(O)c2cccc3ccccc23)cc(=O)[nH]1. The van der Waals surface area contributed by atoms with Crippen LogP contribution in [-0.4, -0.2) is 22.5 Å². The lowest BCUT2D eigenvalue weighted by Gasteiger charge is -2.15. The third kappa shape index (κ3) is 4.00. The summed E-state index contributed by atoms with van der Waals surface area (Å²) in [5.41, 5.74) is 1.51. The smallest absolute Gasteiger partial charge is 0.251 e. The van der Waals surface area contributed by atoms with Crippen LogP contribution in [0.15, 0.2) is 59.4 Å². The van der Waals surface area contributed by atoms with Crippen molar-refractivity contribution < 1.29 is 9.90 Å². The van der Waals surface area contributed by atoms with Crippen LogP contribution in [0, 0.1) is 0 Å². The molecule has 0 aliphatic carbocycles. The highest BCUT2D eigenvalue weighted by Crippen LogP contribution is 2.23. The van der Waals surface area contributed by atoms with Crippen molar-refractivity contribution in [3.63, 3.8) is 0 Å². The zero-order chi connectivity index (χ0) is 18.5. The predicted octanol–water partition coefficient (Wildman–Crippen LogP) is 2.94. The second-order valence-corrected chi connectivity index (χ2v) is 6.30. The maximum atomic E-state index is 12.4. The Kier molecular flexibility index (Phi) is 5.49. The molecule has 0 spiro atoms. The molecule has 2 aromatic carbocycles. The van der Waals surface area contributed by atoms with Crippen LogP contribution in [0.25, 0.3) is 10.8 Å². The number of aromatic nitrogens is 1. The molecule has 5 heteroatoms. The predicted molar refractivity (Wildman–Crippen MR) is 102 cm³/mol. The molecule has 1 unspecified atom stereocenters. The molecule has 3 rings (SSSR count). The highest BCUT2D eigenvalue weighted by molar-refractivity contribution is 5.94. The number of hydrogen-bond donors (Lipinski definition) is 3. The van der Waals surface area contributed by atoms with Gasteiger partial charge in [-0.1, -0.05) is 55.8 Å². The fourth-order valence-corrected chi connectivity index (χ4v) is 3.08. The Morgan fingerprint density at radius 2 is 1.92 bits per heavy atom. The first-order valence-electron chi connectivity index (χ1n) is 8.75. The van der Waals surface area contributed by atoms with Gasteiger partial charge in [-0.05, 0) is 28.8 Å². The fourth-order valence-electron chi connectivity index (χ4n) is 3.08. The summed E-state index contributed by atoms with van der Waals surface area (Å²) in [5, 5.41) is 15.2. The molecule has 0 fully saturated rings. The third-order valence-corrected chi connectivity index (χ3v) is 4.32. The van der Waals surface area contributed by atoms with Crippen molar-refractivity contribution in [1.82, 2.24) is 10.3 Å². The van der Waals surface area contributed by atoms with E-state index in [0.29, 0.717) is 12.0 Å². The Labute approximate surface area is 151 Å². The summed E-state index contributed by atoms with van der Waals surface area (Å²) in [4.78, 5) is 26.8. The Bertz CT molecular complexity index is 973. The van der Waals surface area contributed by atoms with Gasteiger partial charge in [0, 0.05) is 23.9 Å². The third-order valence-electron chi connectivity index (χ3n) is 4.32. The van der Waals surface area contributed by atoms with Crippen molar-refractivity contribution in [2.75, 3.05) is 6.54 Å². The van der Waals surface area contributed by atoms with Crippen molar-refractivity contribution in [3.8, 4) is 0 Å². The summed E-state index contributed by atoms with van der Waals surface area (Å²) >= 11 is 0. The first-order chi connectivity index (χ1) is 12.6. The summed E-state index contributed by atoms with van der Waals surface area (Å²) in [6, 6.07) is 16.5. The number of carbonyl (C=O) groups excluding carboxylic acids is 1. The Morgan fingerprint density at radius 1 is 1.15 bits per heavy atom. The Balaban J connectivity index is 1.74. The van der Waals surface area contributed by atoms with Gasteiger partial charge in [0.25, 0.3) is 5.91 Å². The van der Waals surface area contributed by atoms with E-state index >= 15 is 0 Å². The minimum absolute atomic E-state index is 0.0722. The van der Waals surface area contributed by atoms with Gasteiger partial charge in [0.2, 0.25) is 5.56 Å². The number of aromatic amines is 1. The average molecular weight is 350 g/mol. The number of carbonyl (C=O) groups is 1.